The van der Waals surface area contributed by atoms with Crippen LogP contribution in [-0.2, 0) is 6.54 Å². The number of hydrogen-bond acceptors (Lipinski definition) is 4. The molecule has 1 heterocycles. The summed E-state index contributed by atoms with van der Waals surface area (Å²) in [6.45, 7) is 0.231. The number of carbonyl (C=O) groups excluding carboxylic acids is 1. The molecule has 0 saturated heterocycles. The third kappa shape index (κ3) is 3.38. The lowest BCUT2D eigenvalue weighted by Gasteiger charge is -2.17. The van der Waals surface area contributed by atoms with E-state index >= 15 is 0 Å². The van der Waals surface area contributed by atoms with Gasteiger partial charge in [0, 0.05) is 38.1 Å². The second-order valence-electron chi connectivity index (χ2n) is 4.44. The van der Waals surface area contributed by atoms with Gasteiger partial charge in [-0.15, -0.1) is 0 Å². The van der Waals surface area contributed by atoms with Crippen LogP contribution < -0.4 is 0 Å². The van der Waals surface area contributed by atoms with Crippen LogP contribution in [0.25, 0.3) is 0 Å². The van der Waals surface area contributed by atoms with Crippen molar-refractivity contribution >= 4 is 11.6 Å². The van der Waals surface area contributed by atoms with Crippen molar-refractivity contribution in [2.24, 2.45) is 0 Å². The smallest absolute Gasteiger partial charge is 0.270 e. The van der Waals surface area contributed by atoms with Crippen LogP contribution in [0.3, 0.4) is 0 Å². The van der Waals surface area contributed by atoms with Gasteiger partial charge in [0.15, 0.2) is 0 Å². The van der Waals surface area contributed by atoms with E-state index in [4.69, 9.17) is 0 Å². The van der Waals surface area contributed by atoms with Gasteiger partial charge in [-0.25, -0.2) is 4.39 Å². The van der Waals surface area contributed by atoms with E-state index in [1.54, 1.807) is 24.5 Å². The molecule has 1 aromatic heterocycles. The highest BCUT2D eigenvalue weighted by Crippen LogP contribution is 2.18. The van der Waals surface area contributed by atoms with Crippen LogP contribution in [0.4, 0.5) is 10.1 Å². The molecule has 0 radical (unpaired) electrons. The molecule has 1 aromatic carbocycles. The highest BCUT2D eigenvalue weighted by molar-refractivity contribution is 5.94. The maximum Gasteiger partial charge on any atom is 0.270 e. The summed E-state index contributed by atoms with van der Waals surface area (Å²) < 4.78 is 13.7. The molecule has 0 N–H and O–H groups in total. The molecule has 0 saturated carbocycles. The second kappa shape index (κ2) is 6.08. The second-order valence-corrected chi connectivity index (χ2v) is 4.44. The first kappa shape index (κ1) is 14.6. The minimum absolute atomic E-state index is 0.231. The van der Waals surface area contributed by atoms with Crippen molar-refractivity contribution in [3.8, 4) is 0 Å². The van der Waals surface area contributed by atoms with Gasteiger partial charge in [-0.1, -0.05) is 6.07 Å². The molecule has 21 heavy (non-hydrogen) atoms. The summed E-state index contributed by atoms with van der Waals surface area (Å²) in [6, 6.07) is 6.39. The molecule has 0 aliphatic heterocycles. The molecular formula is C14H12FN3O3. The van der Waals surface area contributed by atoms with Crippen LogP contribution in [0.15, 0.2) is 42.7 Å². The summed E-state index contributed by atoms with van der Waals surface area (Å²) in [5.41, 5.74) is 0.129. The number of aromatic nitrogens is 1. The molecule has 0 bridgehead atoms. The molecular weight excluding hydrogens is 277 g/mol. The minimum atomic E-state index is -0.788. The zero-order valence-corrected chi connectivity index (χ0v) is 11.2. The van der Waals surface area contributed by atoms with Gasteiger partial charge >= 0.3 is 0 Å². The Labute approximate surface area is 120 Å². The summed E-state index contributed by atoms with van der Waals surface area (Å²) >= 11 is 0. The van der Waals surface area contributed by atoms with E-state index in [9.17, 15) is 19.3 Å². The molecule has 0 fully saturated rings. The summed E-state index contributed by atoms with van der Waals surface area (Å²) in [7, 11) is 1.49. The highest BCUT2D eigenvalue weighted by Gasteiger charge is 2.20. The average molecular weight is 289 g/mol. The molecule has 0 atom stereocenters. The third-order valence-corrected chi connectivity index (χ3v) is 2.88. The first-order chi connectivity index (χ1) is 9.99. The number of nitro groups is 1. The number of nitro benzene ring substituents is 1. The van der Waals surface area contributed by atoms with E-state index in [1.807, 2.05) is 0 Å². The molecule has 2 rings (SSSR count). The predicted molar refractivity (Wildman–Crippen MR) is 73.1 cm³/mol. The SMILES string of the molecule is CN(Cc1cccnc1)C(=O)c1cc([N+](=O)[O-])ccc1F. The number of rotatable bonds is 4. The standard InChI is InChI=1S/C14H12FN3O3/c1-17(9-10-3-2-6-16-8-10)14(19)12-7-11(18(20)21)4-5-13(12)15/h2-8H,9H2,1H3. The lowest BCUT2D eigenvalue weighted by atomic mass is 10.1. The average Bonchev–Trinajstić information content (AvgIpc) is 2.47. The fourth-order valence-electron chi connectivity index (χ4n) is 1.83. The first-order valence-corrected chi connectivity index (χ1v) is 6.07. The first-order valence-electron chi connectivity index (χ1n) is 6.07. The molecule has 0 spiro atoms. The van der Waals surface area contributed by atoms with Crippen LogP contribution in [-0.4, -0.2) is 27.8 Å². The Morgan fingerprint density at radius 3 is 2.81 bits per heavy atom. The van der Waals surface area contributed by atoms with Crippen molar-refractivity contribution in [2.45, 2.75) is 6.54 Å². The largest absolute Gasteiger partial charge is 0.337 e. The predicted octanol–water partition coefficient (Wildman–Crippen LogP) is 2.40. The summed E-state index contributed by atoms with van der Waals surface area (Å²) in [6.07, 6.45) is 3.19. The maximum absolute atomic E-state index is 13.7. The minimum Gasteiger partial charge on any atom is -0.337 e. The molecule has 108 valence electrons. The monoisotopic (exact) mass is 289 g/mol. The van der Waals surface area contributed by atoms with Crippen LogP contribution in [0, 0.1) is 15.9 Å². The van der Waals surface area contributed by atoms with E-state index in [2.05, 4.69) is 4.98 Å². The Kier molecular flexibility index (Phi) is 4.22. The van der Waals surface area contributed by atoms with Gasteiger partial charge in [0.05, 0.1) is 10.5 Å². The Morgan fingerprint density at radius 2 is 2.19 bits per heavy atom. The van der Waals surface area contributed by atoms with Gasteiger partial charge in [-0.05, 0) is 17.7 Å². The maximum atomic E-state index is 13.7. The van der Waals surface area contributed by atoms with Crippen LogP contribution in [0.2, 0.25) is 0 Å². The lowest BCUT2D eigenvalue weighted by Crippen LogP contribution is -2.27. The molecule has 0 unspecified atom stereocenters. The summed E-state index contributed by atoms with van der Waals surface area (Å²) in [5.74, 6) is -1.41. The molecule has 1 amide bonds. The zero-order valence-electron chi connectivity index (χ0n) is 11.2. The van der Waals surface area contributed by atoms with Gasteiger partial charge in [0.2, 0.25) is 0 Å². The number of non-ortho nitro benzene ring substituents is 1. The number of amides is 1. The quantitative estimate of drug-likeness (QED) is 0.639. The van der Waals surface area contributed by atoms with E-state index in [0.29, 0.717) is 0 Å². The summed E-state index contributed by atoms with van der Waals surface area (Å²) in [4.78, 5) is 27.4. The van der Waals surface area contributed by atoms with Crippen molar-refractivity contribution in [3.05, 3.63) is 69.8 Å². The van der Waals surface area contributed by atoms with Crippen molar-refractivity contribution in [3.63, 3.8) is 0 Å². The fraction of sp³-hybridized carbons (Fsp3) is 0.143. The molecule has 0 aliphatic rings. The Morgan fingerprint density at radius 1 is 1.43 bits per heavy atom. The van der Waals surface area contributed by atoms with Gasteiger partial charge in [-0.2, -0.15) is 0 Å². The topological polar surface area (TPSA) is 76.3 Å². The van der Waals surface area contributed by atoms with Crippen molar-refractivity contribution in [1.29, 1.82) is 0 Å². The molecule has 2 aromatic rings. The Balaban J connectivity index is 2.23. The van der Waals surface area contributed by atoms with Gasteiger partial charge < -0.3 is 4.90 Å². The van der Waals surface area contributed by atoms with Crippen LogP contribution in [0.5, 0.6) is 0 Å². The lowest BCUT2D eigenvalue weighted by molar-refractivity contribution is -0.384. The highest BCUT2D eigenvalue weighted by atomic mass is 19.1. The Bertz CT molecular complexity index is 676. The molecule has 0 aliphatic carbocycles. The number of carbonyl (C=O) groups is 1. The fourth-order valence-corrected chi connectivity index (χ4v) is 1.83. The van der Waals surface area contributed by atoms with Gasteiger partial charge in [-0.3, -0.25) is 19.9 Å². The summed E-state index contributed by atoms with van der Waals surface area (Å²) in [5, 5.41) is 10.7. The number of benzene rings is 1. The number of halogens is 1. The number of pyridine rings is 1. The van der Waals surface area contributed by atoms with Crippen molar-refractivity contribution in [1.82, 2.24) is 9.88 Å². The van der Waals surface area contributed by atoms with E-state index in [1.165, 1.54) is 11.9 Å². The van der Waals surface area contributed by atoms with Crippen molar-refractivity contribution < 1.29 is 14.1 Å². The third-order valence-electron chi connectivity index (χ3n) is 2.88. The van der Waals surface area contributed by atoms with Gasteiger partial charge in [0.1, 0.15) is 5.82 Å². The van der Waals surface area contributed by atoms with Crippen molar-refractivity contribution in [2.75, 3.05) is 7.05 Å². The van der Waals surface area contributed by atoms with E-state index < -0.39 is 16.6 Å². The van der Waals surface area contributed by atoms with Crippen LogP contribution in [0.1, 0.15) is 15.9 Å². The number of hydrogen-bond donors (Lipinski definition) is 0. The van der Waals surface area contributed by atoms with E-state index in [-0.39, 0.29) is 17.8 Å². The number of nitrogens with zero attached hydrogens (tertiary/aromatic N) is 3. The van der Waals surface area contributed by atoms with Crippen LogP contribution >= 0.6 is 0 Å². The normalized spacial score (nSPS) is 10.2. The zero-order chi connectivity index (χ0) is 15.4. The Hall–Kier alpha value is -2.83. The molecule has 7 heteroatoms. The molecule has 6 nitrogen and oxygen atoms in total. The van der Waals surface area contributed by atoms with Gasteiger partial charge in [0.25, 0.3) is 11.6 Å². The van der Waals surface area contributed by atoms with E-state index in [0.717, 1.165) is 23.8 Å².